The molecule has 1 heteroatoms. The van der Waals surface area contributed by atoms with E-state index in [1.807, 2.05) is 0 Å². The Balaban J connectivity index is 2.92. The van der Waals surface area contributed by atoms with Crippen LogP contribution in [0.5, 0.6) is 0 Å². The predicted octanol–water partition coefficient (Wildman–Crippen LogP) is 2.56. The van der Waals surface area contributed by atoms with Crippen molar-refractivity contribution >= 4 is 12.6 Å². The van der Waals surface area contributed by atoms with E-state index in [9.17, 15) is 0 Å². The Morgan fingerprint density at radius 1 is 1.50 bits per heavy atom. The van der Waals surface area contributed by atoms with Gasteiger partial charge in [-0.15, -0.1) is 0 Å². The van der Waals surface area contributed by atoms with Gasteiger partial charge in [0.2, 0.25) is 0 Å². The van der Waals surface area contributed by atoms with E-state index in [0.717, 1.165) is 12.2 Å². The quantitative estimate of drug-likeness (QED) is 0.557. The molecule has 0 saturated carbocycles. The van der Waals surface area contributed by atoms with E-state index in [4.69, 9.17) is 0 Å². The molecule has 0 bridgehead atoms. The highest BCUT2D eigenvalue weighted by molar-refractivity contribution is 7.80. The summed E-state index contributed by atoms with van der Waals surface area (Å²) in [6, 6.07) is 0. The van der Waals surface area contributed by atoms with Crippen LogP contribution in [0.4, 0.5) is 0 Å². The minimum absolute atomic E-state index is 0.637. The maximum atomic E-state index is 4.11. The van der Waals surface area contributed by atoms with Crippen molar-refractivity contribution in [3.63, 3.8) is 0 Å². The van der Waals surface area contributed by atoms with Crippen LogP contribution in [0.15, 0.2) is 0 Å². The molecule has 1 atom stereocenters. The van der Waals surface area contributed by atoms with Crippen LogP contribution in [-0.4, -0.2) is 5.75 Å². The summed E-state index contributed by atoms with van der Waals surface area (Å²) in [5.41, 5.74) is 0. The molecule has 0 saturated heterocycles. The average molecular weight is 131 g/mol. The molecule has 0 rings (SSSR count). The third kappa shape index (κ3) is 4.51. The molecule has 0 aromatic rings. The van der Waals surface area contributed by atoms with Crippen LogP contribution in [0.3, 0.4) is 0 Å². The summed E-state index contributed by atoms with van der Waals surface area (Å²) in [5.74, 6) is 1.62. The molecule has 0 heterocycles. The highest BCUT2D eigenvalue weighted by Crippen LogP contribution is 2.08. The van der Waals surface area contributed by atoms with Crippen molar-refractivity contribution in [1.29, 1.82) is 0 Å². The summed E-state index contributed by atoms with van der Waals surface area (Å²) in [6.07, 6.45) is 3.67. The molecule has 0 N–H and O–H groups in total. The second-order valence-corrected chi connectivity index (χ2v) is 2.61. The van der Waals surface area contributed by atoms with E-state index < -0.39 is 0 Å². The monoisotopic (exact) mass is 131 g/mol. The smallest absolute Gasteiger partial charge is 0.00953 e. The lowest BCUT2D eigenvalue weighted by Gasteiger charge is -2.04. The number of hydrogen-bond donors (Lipinski definition) is 1. The van der Waals surface area contributed by atoms with Gasteiger partial charge in [-0.1, -0.05) is 26.7 Å². The van der Waals surface area contributed by atoms with Gasteiger partial charge in [-0.05, 0) is 18.1 Å². The van der Waals surface area contributed by atoms with Gasteiger partial charge in [-0.25, -0.2) is 0 Å². The minimum Gasteiger partial charge on any atom is -0.179 e. The Morgan fingerprint density at radius 3 is 2.50 bits per heavy atom. The molecular formula is C7H15S. The molecule has 1 radical (unpaired) electrons. The summed E-state index contributed by atoms with van der Waals surface area (Å²) in [7, 11) is 0. The van der Waals surface area contributed by atoms with E-state index in [-0.39, 0.29) is 0 Å². The second kappa shape index (κ2) is 5.49. The normalized spacial score (nSPS) is 13.9. The van der Waals surface area contributed by atoms with Crippen LogP contribution in [0.25, 0.3) is 0 Å². The van der Waals surface area contributed by atoms with Crippen LogP contribution in [0.1, 0.15) is 26.2 Å². The van der Waals surface area contributed by atoms with Crippen molar-refractivity contribution in [3.8, 4) is 0 Å². The first-order chi connectivity index (χ1) is 3.81. The van der Waals surface area contributed by atoms with Gasteiger partial charge in [0.25, 0.3) is 0 Å². The predicted molar refractivity (Wildman–Crippen MR) is 42.2 cm³/mol. The SMILES string of the molecule is [CH2]C(CCC)CCS. The van der Waals surface area contributed by atoms with Gasteiger partial charge < -0.3 is 0 Å². The summed E-state index contributed by atoms with van der Waals surface area (Å²) in [5, 5.41) is 0. The van der Waals surface area contributed by atoms with Crippen molar-refractivity contribution in [2.45, 2.75) is 26.2 Å². The molecule has 1 unspecified atom stereocenters. The van der Waals surface area contributed by atoms with E-state index in [2.05, 4.69) is 26.5 Å². The van der Waals surface area contributed by atoms with Gasteiger partial charge >= 0.3 is 0 Å². The van der Waals surface area contributed by atoms with Gasteiger partial charge in [-0.3, -0.25) is 0 Å². The van der Waals surface area contributed by atoms with Gasteiger partial charge in [0.15, 0.2) is 0 Å². The zero-order valence-electron chi connectivity index (χ0n) is 5.56. The highest BCUT2D eigenvalue weighted by atomic mass is 32.1. The van der Waals surface area contributed by atoms with Gasteiger partial charge in [0.05, 0.1) is 0 Å². The zero-order valence-corrected chi connectivity index (χ0v) is 6.45. The number of thiol groups is 1. The topological polar surface area (TPSA) is 0 Å². The maximum absolute atomic E-state index is 4.11. The lowest BCUT2D eigenvalue weighted by molar-refractivity contribution is 0.564. The molecular weight excluding hydrogens is 116 g/mol. The summed E-state index contributed by atoms with van der Waals surface area (Å²) >= 11 is 4.11. The van der Waals surface area contributed by atoms with Crippen molar-refractivity contribution in [2.24, 2.45) is 5.92 Å². The molecule has 0 aliphatic rings. The summed E-state index contributed by atoms with van der Waals surface area (Å²) < 4.78 is 0. The Morgan fingerprint density at radius 2 is 2.12 bits per heavy atom. The molecule has 8 heavy (non-hydrogen) atoms. The van der Waals surface area contributed by atoms with Gasteiger partial charge in [0, 0.05) is 0 Å². The number of rotatable bonds is 4. The summed E-state index contributed by atoms with van der Waals surface area (Å²) in [4.78, 5) is 0. The Bertz CT molecular complexity index is 37.7. The van der Waals surface area contributed by atoms with E-state index in [1.165, 1.54) is 12.8 Å². The van der Waals surface area contributed by atoms with Crippen LogP contribution in [-0.2, 0) is 0 Å². The third-order valence-corrected chi connectivity index (χ3v) is 1.49. The lowest BCUT2D eigenvalue weighted by Crippen LogP contribution is -1.93. The molecule has 0 spiro atoms. The molecule has 0 nitrogen and oxygen atoms in total. The van der Waals surface area contributed by atoms with Crippen LogP contribution < -0.4 is 0 Å². The standard InChI is InChI=1S/C7H15S/c1-3-4-7(2)5-6-8/h7-8H,2-6H2,1H3. The Labute approximate surface area is 58.1 Å². The van der Waals surface area contributed by atoms with Crippen molar-refractivity contribution in [3.05, 3.63) is 6.92 Å². The van der Waals surface area contributed by atoms with Crippen molar-refractivity contribution in [1.82, 2.24) is 0 Å². The van der Waals surface area contributed by atoms with Crippen molar-refractivity contribution in [2.75, 3.05) is 5.75 Å². The van der Waals surface area contributed by atoms with E-state index >= 15 is 0 Å². The molecule has 0 aliphatic heterocycles. The minimum atomic E-state index is 0.637. The Hall–Kier alpha value is 0.350. The highest BCUT2D eigenvalue weighted by Gasteiger charge is 1.96. The van der Waals surface area contributed by atoms with E-state index in [1.54, 1.807) is 0 Å². The van der Waals surface area contributed by atoms with Crippen molar-refractivity contribution < 1.29 is 0 Å². The average Bonchev–Trinajstić information content (AvgIpc) is 1.68. The maximum Gasteiger partial charge on any atom is -0.00953 e. The van der Waals surface area contributed by atoms with Crippen LogP contribution >= 0.6 is 12.6 Å². The van der Waals surface area contributed by atoms with Crippen LogP contribution in [0.2, 0.25) is 0 Å². The fraction of sp³-hybridized carbons (Fsp3) is 0.857. The van der Waals surface area contributed by atoms with Crippen LogP contribution in [0, 0.1) is 12.8 Å². The Kier molecular flexibility index (Phi) is 5.73. The van der Waals surface area contributed by atoms with Gasteiger partial charge in [-0.2, -0.15) is 12.6 Å². The molecule has 0 amide bonds. The molecule has 0 aliphatic carbocycles. The fourth-order valence-corrected chi connectivity index (χ4v) is 1.10. The first-order valence-corrected chi connectivity index (χ1v) is 3.88. The molecule has 0 aromatic carbocycles. The third-order valence-electron chi connectivity index (χ3n) is 1.23. The van der Waals surface area contributed by atoms with E-state index in [0.29, 0.717) is 5.92 Å². The first-order valence-electron chi connectivity index (χ1n) is 3.25. The number of hydrogen-bond acceptors (Lipinski definition) is 1. The molecule has 0 aromatic heterocycles. The van der Waals surface area contributed by atoms with Gasteiger partial charge in [0.1, 0.15) is 0 Å². The fourth-order valence-electron chi connectivity index (χ4n) is 0.735. The first kappa shape index (κ1) is 8.35. The largest absolute Gasteiger partial charge is 0.179 e. The molecule has 0 fully saturated rings. The zero-order chi connectivity index (χ0) is 6.41. The second-order valence-electron chi connectivity index (χ2n) is 2.17. The lowest BCUT2D eigenvalue weighted by atomic mass is 10.0. The molecule has 49 valence electrons. The summed E-state index contributed by atoms with van der Waals surface area (Å²) in [6.45, 7) is 6.16.